The minimum Gasteiger partial charge on any atom is -0.309 e. The maximum Gasteiger partial charge on any atom is 0.261 e. The molecule has 0 atom stereocenters. The molecule has 3 aromatic carbocycles. The standard InChI is InChI=1S/C23H19ClN2O2.ClH/c24-19-5-3-4-18(12-19)14-25-13-16-8-10-17(11-9-16)15-26-22(27)20-6-1-2-7-21(20)23(26)28;/h1-12,25H,13-15H2;1H. The highest BCUT2D eigenvalue weighted by atomic mass is 35.5. The Labute approximate surface area is 180 Å². The van der Waals surface area contributed by atoms with Crippen LogP contribution in [0.5, 0.6) is 0 Å². The van der Waals surface area contributed by atoms with E-state index in [1.54, 1.807) is 24.3 Å². The number of halogens is 2. The fourth-order valence-electron chi connectivity index (χ4n) is 3.33. The SMILES string of the molecule is Cl.O=C1c2ccccc2C(=O)N1Cc1ccc(CNCc2cccc(Cl)c2)cc1. The predicted molar refractivity (Wildman–Crippen MR) is 116 cm³/mol. The Morgan fingerprint density at radius 3 is 1.93 bits per heavy atom. The summed E-state index contributed by atoms with van der Waals surface area (Å²) < 4.78 is 0. The molecule has 0 aromatic heterocycles. The number of carbonyl (C=O) groups excluding carboxylic acids is 2. The summed E-state index contributed by atoms with van der Waals surface area (Å²) in [6.07, 6.45) is 0. The van der Waals surface area contributed by atoms with E-state index in [0.717, 1.165) is 34.8 Å². The van der Waals surface area contributed by atoms with Crippen LogP contribution in [0.1, 0.15) is 37.4 Å². The molecule has 0 spiro atoms. The zero-order valence-corrected chi connectivity index (χ0v) is 17.2. The van der Waals surface area contributed by atoms with Crippen LogP contribution in [0.4, 0.5) is 0 Å². The van der Waals surface area contributed by atoms with Gasteiger partial charge in [0, 0.05) is 18.1 Å². The fourth-order valence-corrected chi connectivity index (χ4v) is 3.54. The van der Waals surface area contributed by atoms with Crippen LogP contribution < -0.4 is 5.32 Å². The first-order chi connectivity index (χ1) is 13.6. The van der Waals surface area contributed by atoms with Crippen molar-refractivity contribution in [1.82, 2.24) is 10.2 Å². The van der Waals surface area contributed by atoms with Gasteiger partial charge in [-0.05, 0) is 41.0 Å². The molecule has 0 radical (unpaired) electrons. The van der Waals surface area contributed by atoms with Gasteiger partial charge in [0.25, 0.3) is 11.8 Å². The van der Waals surface area contributed by atoms with Crippen molar-refractivity contribution in [3.8, 4) is 0 Å². The zero-order chi connectivity index (χ0) is 19.5. The summed E-state index contributed by atoms with van der Waals surface area (Å²) in [5.74, 6) is -0.458. The van der Waals surface area contributed by atoms with Crippen LogP contribution in [0.15, 0.2) is 72.8 Å². The van der Waals surface area contributed by atoms with E-state index in [2.05, 4.69) is 5.32 Å². The van der Waals surface area contributed by atoms with Gasteiger partial charge in [0.15, 0.2) is 0 Å². The Balaban J connectivity index is 0.00000240. The maximum absolute atomic E-state index is 12.5. The first-order valence-corrected chi connectivity index (χ1v) is 9.48. The number of imide groups is 1. The number of carbonyl (C=O) groups is 2. The van der Waals surface area contributed by atoms with Gasteiger partial charge in [-0.1, -0.05) is 60.1 Å². The molecule has 0 fully saturated rings. The summed E-state index contributed by atoms with van der Waals surface area (Å²) in [7, 11) is 0. The largest absolute Gasteiger partial charge is 0.309 e. The number of hydrogen-bond acceptors (Lipinski definition) is 3. The van der Waals surface area contributed by atoms with Crippen LogP contribution in [0.2, 0.25) is 5.02 Å². The molecule has 148 valence electrons. The minimum atomic E-state index is -0.229. The molecule has 0 unspecified atom stereocenters. The fraction of sp³-hybridized carbons (Fsp3) is 0.130. The van der Waals surface area contributed by atoms with Crippen molar-refractivity contribution < 1.29 is 9.59 Å². The molecular weight excluding hydrogens is 407 g/mol. The number of fused-ring (bicyclic) bond motifs is 1. The molecule has 0 saturated heterocycles. The lowest BCUT2D eigenvalue weighted by Gasteiger charge is -2.14. The van der Waals surface area contributed by atoms with Crippen LogP contribution in [0.3, 0.4) is 0 Å². The summed E-state index contributed by atoms with van der Waals surface area (Å²) in [6, 6.07) is 22.7. The number of rotatable bonds is 6. The molecule has 1 aliphatic heterocycles. The summed E-state index contributed by atoms with van der Waals surface area (Å²) in [5, 5.41) is 4.12. The normalized spacial score (nSPS) is 12.7. The van der Waals surface area contributed by atoms with Crippen LogP contribution in [0, 0.1) is 0 Å². The highest BCUT2D eigenvalue weighted by molar-refractivity contribution is 6.30. The van der Waals surface area contributed by atoms with Crippen molar-refractivity contribution in [3.63, 3.8) is 0 Å². The molecule has 3 aromatic rings. The Kier molecular flexibility index (Phi) is 6.70. The van der Waals surface area contributed by atoms with E-state index in [0.29, 0.717) is 11.1 Å². The first-order valence-electron chi connectivity index (χ1n) is 9.10. The lowest BCUT2D eigenvalue weighted by Crippen LogP contribution is -2.29. The summed E-state index contributed by atoms with van der Waals surface area (Å²) in [6.45, 7) is 1.74. The molecule has 4 nitrogen and oxygen atoms in total. The van der Waals surface area contributed by atoms with Gasteiger partial charge in [0.2, 0.25) is 0 Å². The van der Waals surface area contributed by atoms with E-state index in [1.807, 2.05) is 48.5 Å². The number of nitrogens with zero attached hydrogens (tertiary/aromatic N) is 1. The molecular formula is C23H20Cl2N2O2. The van der Waals surface area contributed by atoms with E-state index < -0.39 is 0 Å². The molecule has 2 amide bonds. The number of hydrogen-bond donors (Lipinski definition) is 1. The van der Waals surface area contributed by atoms with Gasteiger partial charge in [-0.15, -0.1) is 12.4 Å². The third kappa shape index (κ3) is 4.67. The van der Waals surface area contributed by atoms with E-state index in [9.17, 15) is 9.59 Å². The number of nitrogens with one attached hydrogen (secondary N) is 1. The van der Waals surface area contributed by atoms with Gasteiger partial charge in [-0.3, -0.25) is 14.5 Å². The van der Waals surface area contributed by atoms with Crippen molar-refractivity contribution in [3.05, 3.63) is 106 Å². The van der Waals surface area contributed by atoms with Crippen molar-refractivity contribution in [2.75, 3.05) is 0 Å². The molecule has 0 saturated carbocycles. The number of amides is 2. The van der Waals surface area contributed by atoms with Crippen LogP contribution >= 0.6 is 24.0 Å². The molecule has 0 aliphatic carbocycles. The second-order valence-electron chi connectivity index (χ2n) is 6.79. The smallest absolute Gasteiger partial charge is 0.261 e. The highest BCUT2D eigenvalue weighted by Crippen LogP contribution is 2.24. The Bertz CT molecular complexity index is 1000. The van der Waals surface area contributed by atoms with Crippen LogP contribution in [-0.2, 0) is 19.6 Å². The Hall–Kier alpha value is -2.66. The third-order valence-corrected chi connectivity index (χ3v) is 5.02. The number of benzene rings is 3. The average molecular weight is 427 g/mol. The summed E-state index contributed by atoms with van der Waals surface area (Å²) in [5.41, 5.74) is 4.15. The van der Waals surface area contributed by atoms with Crippen LogP contribution in [-0.4, -0.2) is 16.7 Å². The molecule has 4 rings (SSSR count). The molecule has 29 heavy (non-hydrogen) atoms. The predicted octanol–water partition coefficient (Wildman–Crippen LogP) is 4.85. The highest BCUT2D eigenvalue weighted by Gasteiger charge is 2.34. The zero-order valence-electron chi connectivity index (χ0n) is 15.6. The second kappa shape index (κ2) is 9.23. The van der Waals surface area contributed by atoms with E-state index in [4.69, 9.17) is 11.6 Å². The first kappa shape index (κ1) is 21.1. The molecule has 1 N–H and O–H groups in total. The van der Waals surface area contributed by atoms with Gasteiger partial charge in [-0.25, -0.2) is 0 Å². The Morgan fingerprint density at radius 2 is 1.31 bits per heavy atom. The summed E-state index contributed by atoms with van der Waals surface area (Å²) in [4.78, 5) is 26.2. The van der Waals surface area contributed by atoms with E-state index in [-0.39, 0.29) is 30.8 Å². The molecule has 1 heterocycles. The minimum absolute atomic E-state index is 0. The van der Waals surface area contributed by atoms with Crippen molar-refractivity contribution in [1.29, 1.82) is 0 Å². The monoisotopic (exact) mass is 426 g/mol. The molecule has 0 bridgehead atoms. The average Bonchev–Trinajstić information content (AvgIpc) is 2.95. The van der Waals surface area contributed by atoms with E-state index in [1.165, 1.54) is 4.90 Å². The third-order valence-electron chi connectivity index (χ3n) is 4.79. The summed E-state index contributed by atoms with van der Waals surface area (Å²) >= 11 is 6.00. The van der Waals surface area contributed by atoms with Gasteiger partial charge in [0.05, 0.1) is 17.7 Å². The molecule has 1 aliphatic rings. The lowest BCUT2D eigenvalue weighted by atomic mass is 10.1. The van der Waals surface area contributed by atoms with Gasteiger partial charge in [-0.2, -0.15) is 0 Å². The van der Waals surface area contributed by atoms with Crippen molar-refractivity contribution in [2.45, 2.75) is 19.6 Å². The lowest BCUT2D eigenvalue weighted by molar-refractivity contribution is 0.0642. The second-order valence-corrected chi connectivity index (χ2v) is 7.23. The Morgan fingerprint density at radius 1 is 0.724 bits per heavy atom. The van der Waals surface area contributed by atoms with Gasteiger partial charge >= 0.3 is 0 Å². The van der Waals surface area contributed by atoms with Gasteiger partial charge in [0.1, 0.15) is 0 Å². The van der Waals surface area contributed by atoms with Crippen molar-refractivity contribution >= 4 is 35.8 Å². The maximum atomic E-state index is 12.5. The van der Waals surface area contributed by atoms with Crippen molar-refractivity contribution in [2.24, 2.45) is 0 Å². The quantitative estimate of drug-likeness (QED) is 0.573. The van der Waals surface area contributed by atoms with Gasteiger partial charge < -0.3 is 5.32 Å². The topological polar surface area (TPSA) is 49.4 Å². The van der Waals surface area contributed by atoms with Crippen LogP contribution in [0.25, 0.3) is 0 Å². The van der Waals surface area contributed by atoms with E-state index >= 15 is 0 Å². The molecule has 6 heteroatoms.